The third-order valence-electron chi connectivity index (χ3n) is 5.81. The van der Waals surface area contributed by atoms with Crippen LogP contribution in [-0.4, -0.2) is 35.4 Å². The van der Waals surface area contributed by atoms with Gasteiger partial charge in [0.05, 0.1) is 11.4 Å². The van der Waals surface area contributed by atoms with Crippen molar-refractivity contribution < 1.29 is 9.59 Å². The number of ketones is 2. The second kappa shape index (κ2) is 7.39. The minimum absolute atomic E-state index is 0.157. The lowest BCUT2D eigenvalue weighted by molar-refractivity contribution is 0.101. The maximum atomic E-state index is 12.3. The quantitative estimate of drug-likeness (QED) is 0.725. The van der Waals surface area contributed by atoms with E-state index < -0.39 is 0 Å². The number of hydrogen-bond donors (Lipinski definition) is 0. The molecule has 0 saturated heterocycles. The van der Waals surface area contributed by atoms with Gasteiger partial charge < -0.3 is 4.90 Å². The maximum Gasteiger partial charge on any atom is 0.204 e. The average molecular weight is 387 g/mol. The number of aromatic nitrogens is 1. The molecule has 0 N–H and O–H groups in total. The molecule has 0 atom stereocenters. The zero-order valence-electron chi connectivity index (χ0n) is 17.4. The largest absolute Gasteiger partial charge is 0.372 e. The standard InChI is InChI=1S/C24H25N3O2/c1-5-27-12-6-7-17-15(3)23(14(2)13-21(17)27)26-20-10-11-22(29)24-18(20)8-9-19(25-24)16(4)28/h8-11,13H,5-7,12H2,1-4H3. The Hall–Kier alpha value is -3.08. The summed E-state index contributed by atoms with van der Waals surface area (Å²) in [5, 5.41) is 0. The second-order valence-corrected chi connectivity index (χ2v) is 7.69. The van der Waals surface area contributed by atoms with Gasteiger partial charge in [0.2, 0.25) is 5.78 Å². The molecule has 2 aromatic rings. The number of aryl methyl sites for hydroxylation is 1. The first-order chi connectivity index (χ1) is 13.9. The van der Waals surface area contributed by atoms with Crippen LogP contribution >= 0.6 is 0 Å². The van der Waals surface area contributed by atoms with E-state index in [4.69, 9.17) is 4.99 Å². The van der Waals surface area contributed by atoms with E-state index in [1.165, 1.54) is 29.8 Å². The molecule has 4 rings (SSSR count). The molecule has 1 aliphatic heterocycles. The number of pyridine rings is 1. The molecule has 2 aliphatic rings. The third kappa shape index (κ3) is 3.31. The Morgan fingerprint density at radius 3 is 2.76 bits per heavy atom. The van der Waals surface area contributed by atoms with Gasteiger partial charge >= 0.3 is 0 Å². The van der Waals surface area contributed by atoms with E-state index in [0.717, 1.165) is 37.2 Å². The first kappa shape index (κ1) is 19.2. The van der Waals surface area contributed by atoms with Crippen molar-refractivity contribution in [2.75, 3.05) is 18.0 Å². The van der Waals surface area contributed by atoms with E-state index in [2.05, 4.69) is 36.7 Å². The minimum atomic E-state index is -0.195. The Balaban J connectivity index is 1.85. The molecule has 1 aromatic carbocycles. The van der Waals surface area contributed by atoms with Crippen LogP contribution in [0.25, 0.3) is 0 Å². The van der Waals surface area contributed by atoms with Crippen molar-refractivity contribution in [2.45, 2.75) is 40.5 Å². The van der Waals surface area contributed by atoms with Crippen molar-refractivity contribution in [1.82, 2.24) is 4.98 Å². The number of carbonyl (C=O) groups is 2. The summed E-state index contributed by atoms with van der Waals surface area (Å²) >= 11 is 0. The first-order valence-electron chi connectivity index (χ1n) is 10.1. The number of fused-ring (bicyclic) bond motifs is 2. The van der Waals surface area contributed by atoms with Crippen molar-refractivity contribution in [3.63, 3.8) is 0 Å². The summed E-state index contributed by atoms with van der Waals surface area (Å²) in [4.78, 5) is 35.7. The monoisotopic (exact) mass is 387 g/mol. The first-order valence-corrected chi connectivity index (χ1v) is 10.1. The number of nitrogens with zero attached hydrogens (tertiary/aromatic N) is 3. The summed E-state index contributed by atoms with van der Waals surface area (Å²) < 4.78 is 0. The molecule has 0 amide bonds. The fourth-order valence-corrected chi connectivity index (χ4v) is 4.25. The van der Waals surface area contributed by atoms with Crippen LogP contribution in [0.15, 0.2) is 35.3 Å². The smallest absolute Gasteiger partial charge is 0.204 e. The Morgan fingerprint density at radius 2 is 2.03 bits per heavy atom. The maximum absolute atomic E-state index is 12.3. The minimum Gasteiger partial charge on any atom is -0.372 e. The molecule has 1 aromatic heterocycles. The number of rotatable bonds is 3. The highest BCUT2D eigenvalue weighted by Crippen LogP contribution is 2.38. The fraction of sp³-hybridized carbons (Fsp3) is 0.333. The van der Waals surface area contributed by atoms with Crippen LogP contribution in [0.2, 0.25) is 0 Å². The third-order valence-corrected chi connectivity index (χ3v) is 5.81. The summed E-state index contributed by atoms with van der Waals surface area (Å²) in [6, 6.07) is 5.68. The predicted octanol–water partition coefficient (Wildman–Crippen LogP) is 4.55. The van der Waals surface area contributed by atoms with Gasteiger partial charge in [0.25, 0.3) is 0 Å². The SMILES string of the molecule is CCN1CCCc2c1cc(C)c(N=C1C=CC(=O)c3nc(C(C)=O)ccc31)c2C. The Kier molecular flexibility index (Phi) is 4.91. The number of benzene rings is 1. The molecular weight excluding hydrogens is 362 g/mol. The Bertz CT molecular complexity index is 1100. The number of aliphatic imine (C=N–C) groups is 1. The lowest BCUT2D eigenvalue weighted by Crippen LogP contribution is -2.29. The van der Waals surface area contributed by atoms with Crippen LogP contribution in [0.1, 0.15) is 63.5 Å². The number of hydrogen-bond acceptors (Lipinski definition) is 5. The molecule has 29 heavy (non-hydrogen) atoms. The second-order valence-electron chi connectivity index (χ2n) is 7.69. The summed E-state index contributed by atoms with van der Waals surface area (Å²) in [5.74, 6) is -0.352. The van der Waals surface area contributed by atoms with Crippen LogP contribution < -0.4 is 4.90 Å². The van der Waals surface area contributed by atoms with Crippen LogP contribution in [-0.2, 0) is 6.42 Å². The van der Waals surface area contributed by atoms with Gasteiger partial charge in [-0.15, -0.1) is 0 Å². The number of Topliss-reactive ketones (excluding diaryl/α,β-unsaturated/α-hetero) is 1. The summed E-state index contributed by atoms with van der Waals surface area (Å²) in [6.45, 7) is 9.97. The highest BCUT2D eigenvalue weighted by atomic mass is 16.1. The molecule has 0 fully saturated rings. The summed E-state index contributed by atoms with van der Waals surface area (Å²) in [6.07, 6.45) is 5.44. The van der Waals surface area contributed by atoms with Gasteiger partial charge in [0, 0.05) is 31.3 Å². The Morgan fingerprint density at radius 1 is 1.24 bits per heavy atom. The fourth-order valence-electron chi connectivity index (χ4n) is 4.25. The summed E-state index contributed by atoms with van der Waals surface area (Å²) in [5.41, 5.74) is 7.93. The zero-order chi connectivity index (χ0) is 20.7. The topological polar surface area (TPSA) is 62.6 Å². The highest BCUT2D eigenvalue weighted by Gasteiger charge is 2.23. The molecule has 5 nitrogen and oxygen atoms in total. The molecular formula is C24H25N3O2. The molecule has 1 aliphatic carbocycles. The molecule has 2 heterocycles. The van der Waals surface area contributed by atoms with Crippen molar-refractivity contribution in [3.8, 4) is 0 Å². The van der Waals surface area contributed by atoms with Crippen molar-refractivity contribution in [3.05, 3.63) is 64.0 Å². The van der Waals surface area contributed by atoms with Crippen LogP contribution in [0.4, 0.5) is 11.4 Å². The van der Waals surface area contributed by atoms with Gasteiger partial charge in [-0.2, -0.15) is 0 Å². The van der Waals surface area contributed by atoms with Gasteiger partial charge in [0.15, 0.2) is 5.78 Å². The van der Waals surface area contributed by atoms with Gasteiger partial charge in [-0.25, -0.2) is 9.98 Å². The molecule has 148 valence electrons. The lowest BCUT2D eigenvalue weighted by atomic mass is 9.92. The van der Waals surface area contributed by atoms with E-state index in [1.54, 1.807) is 18.2 Å². The normalized spacial score (nSPS) is 16.8. The highest BCUT2D eigenvalue weighted by molar-refractivity contribution is 6.24. The number of anilines is 1. The van der Waals surface area contributed by atoms with E-state index >= 15 is 0 Å². The number of allylic oxidation sites excluding steroid dienone is 2. The van der Waals surface area contributed by atoms with E-state index in [1.807, 2.05) is 0 Å². The van der Waals surface area contributed by atoms with Crippen molar-refractivity contribution in [1.29, 1.82) is 0 Å². The van der Waals surface area contributed by atoms with Gasteiger partial charge in [-0.3, -0.25) is 9.59 Å². The lowest BCUT2D eigenvalue weighted by Gasteiger charge is -2.32. The van der Waals surface area contributed by atoms with Crippen LogP contribution in [0.3, 0.4) is 0 Å². The summed E-state index contributed by atoms with van der Waals surface area (Å²) in [7, 11) is 0. The molecule has 0 unspecified atom stereocenters. The van der Waals surface area contributed by atoms with E-state index in [-0.39, 0.29) is 11.6 Å². The van der Waals surface area contributed by atoms with E-state index in [9.17, 15) is 9.59 Å². The molecule has 0 saturated carbocycles. The molecule has 0 radical (unpaired) electrons. The van der Waals surface area contributed by atoms with E-state index in [0.29, 0.717) is 22.7 Å². The zero-order valence-corrected chi connectivity index (χ0v) is 17.4. The molecule has 0 spiro atoms. The molecule has 5 heteroatoms. The van der Waals surface area contributed by atoms with Crippen LogP contribution in [0, 0.1) is 13.8 Å². The van der Waals surface area contributed by atoms with Crippen molar-refractivity contribution >= 4 is 28.7 Å². The predicted molar refractivity (Wildman–Crippen MR) is 116 cm³/mol. The van der Waals surface area contributed by atoms with Gasteiger partial charge in [0.1, 0.15) is 11.4 Å². The van der Waals surface area contributed by atoms with Gasteiger partial charge in [-0.05, 0) is 80.7 Å². The average Bonchev–Trinajstić information content (AvgIpc) is 2.72. The number of carbonyl (C=O) groups excluding carboxylic acids is 2. The van der Waals surface area contributed by atoms with Crippen molar-refractivity contribution in [2.24, 2.45) is 4.99 Å². The van der Waals surface area contributed by atoms with Gasteiger partial charge in [-0.1, -0.05) is 0 Å². The molecule has 0 bridgehead atoms. The van der Waals surface area contributed by atoms with Crippen LogP contribution in [0.5, 0.6) is 0 Å². The Labute approximate surface area is 171 Å².